The van der Waals surface area contributed by atoms with E-state index in [1.807, 2.05) is 36.4 Å². The number of pyridine rings is 1. The average Bonchev–Trinajstić information content (AvgIpc) is 2.44. The number of benzene rings is 1. The van der Waals surface area contributed by atoms with Crippen LogP contribution in [0.5, 0.6) is 0 Å². The fourth-order valence-corrected chi connectivity index (χ4v) is 2.07. The first-order valence-electron chi connectivity index (χ1n) is 6.92. The molecule has 0 bridgehead atoms. The highest BCUT2D eigenvalue weighted by molar-refractivity contribution is 5.75. The molecule has 0 atom stereocenters. The number of hydrogen-bond acceptors (Lipinski definition) is 2. The van der Waals surface area contributed by atoms with Gasteiger partial charge in [0.1, 0.15) is 0 Å². The third kappa shape index (κ3) is 3.78. The van der Waals surface area contributed by atoms with Crippen LogP contribution in [0.3, 0.4) is 0 Å². The van der Waals surface area contributed by atoms with Gasteiger partial charge in [-0.05, 0) is 18.6 Å². The van der Waals surface area contributed by atoms with E-state index >= 15 is 0 Å². The van der Waals surface area contributed by atoms with Crippen molar-refractivity contribution in [1.29, 1.82) is 0 Å². The van der Waals surface area contributed by atoms with Crippen molar-refractivity contribution in [3.8, 4) is 0 Å². The summed E-state index contributed by atoms with van der Waals surface area (Å²) < 4.78 is 1.55. The maximum Gasteiger partial charge on any atom is 0.380 e. The zero-order valence-corrected chi connectivity index (χ0v) is 11.3. The molecular formula is C16H20NO2+. The van der Waals surface area contributed by atoms with Crippen molar-refractivity contribution < 1.29 is 14.4 Å². The quantitative estimate of drug-likeness (QED) is 0.589. The van der Waals surface area contributed by atoms with Crippen LogP contribution in [0.1, 0.15) is 39.0 Å². The second kappa shape index (κ2) is 6.88. The second-order valence-electron chi connectivity index (χ2n) is 4.67. The molecule has 0 aliphatic rings. The van der Waals surface area contributed by atoms with Crippen molar-refractivity contribution in [2.45, 2.75) is 39.0 Å². The predicted molar refractivity (Wildman–Crippen MR) is 74.5 cm³/mol. The lowest BCUT2D eigenvalue weighted by molar-refractivity contribution is -0.848. The van der Waals surface area contributed by atoms with E-state index in [4.69, 9.17) is 4.84 Å². The highest BCUT2D eigenvalue weighted by Crippen LogP contribution is 2.07. The van der Waals surface area contributed by atoms with Gasteiger partial charge in [0.25, 0.3) is 5.52 Å². The molecule has 0 spiro atoms. The van der Waals surface area contributed by atoms with Crippen LogP contribution in [0, 0.1) is 0 Å². The molecule has 3 heteroatoms. The lowest BCUT2D eigenvalue weighted by Gasteiger charge is -2.00. The zero-order valence-electron chi connectivity index (χ0n) is 11.3. The highest BCUT2D eigenvalue weighted by Gasteiger charge is 2.14. The van der Waals surface area contributed by atoms with Crippen molar-refractivity contribution in [3.63, 3.8) is 0 Å². The smallest absolute Gasteiger partial charge is 0.245 e. The number of nitrogens with zero attached hydrogens (tertiary/aromatic N) is 1. The first-order chi connectivity index (χ1) is 9.31. The Hall–Kier alpha value is -1.90. The SMILES string of the molecule is CCCCCCC(=O)O[n+]1cccc2ccccc21. The first-order valence-corrected chi connectivity index (χ1v) is 6.92. The summed E-state index contributed by atoms with van der Waals surface area (Å²) in [5, 5.41) is 1.06. The topological polar surface area (TPSA) is 30.2 Å². The van der Waals surface area contributed by atoms with Gasteiger partial charge in [-0.15, -0.1) is 0 Å². The van der Waals surface area contributed by atoms with Crippen molar-refractivity contribution >= 4 is 16.9 Å². The minimum Gasteiger partial charge on any atom is -0.245 e. The number of aromatic nitrogens is 1. The fraction of sp³-hybridized carbons (Fsp3) is 0.375. The van der Waals surface area contributed by atoms with Crippen LogP contribution < -0.4 is 9.57 Å². The molecule has 1 aromatic carbocycles. The summed E-state index contributed by atoms with van der Waals surface area (Å²) in [4.78, 5) is 17.2. The molecule has 0 unspecified atom stereocenters. The summed E-state index contributed by atoms with van der Waals surface area (Å²) in [6, 6.07) is 11.7. The van der Waals surface area contributed by atoms with Crippen molar-refractivity contribution in [2.24, 2.45) is 0 Å². The fourth-order valence-electron chi connectivity index (χ4n) is 2.07. The Morgan fingerprint density at radius 2 is 1.89 bits per heavy atom. The van der Waals surface area contributed by atoms with Gasteiger partial charge in [-0.3, -0.25) is 0 Å². The van der Waals surface area contributed by atoms with Crippen LogP contribution in [0.15, 0.2) is 42.6 Å². The molecule has 1 heterocycles. The summed E-state index contributed by atoms with van der Waals surface area (Å²) in [5.41, 5.74) is 0.909. The Bertz CT molecular complexity index is 546. The Kier molecular flexibility index (Phi) is 4.90. The van der Waals surface area contributed by atoms with Gasteiger partial charge in [-0.1, -0.05) is 38.3 Å². The number of unbranched alkanes of at least 4 members (excludes halogenated alkanes) is 3. The summed E-state index contributed by atoms with van der Waals surface area (Å²) >= 11 is 0. The molecule has 0 fully saturated rings. The zero-order chi connectivity index (χ0) is 13.5. The van der Waals surface area contributed by atoms with Crippen LogP contribution in [0.4, 0.5) is 0 Å². The monoisotopic (exact) mass is 258 g/mol. The molecule has 2 rings (SSSR count). The lowest BCUT2D eigenvalue weighted by atomic mass is 10.2. The highest BCUT2D eigenvalue weighted by atomic mass is 16.7. The maximum atomic E-state index is 11.8. The summed E-state index contributed by atoms with van der Waals surface area (Å²) in [6.07, 6.45) is 6.59. The molecule has 0 radical (unpaired) electrons. The maximum absolute atomic E-state index is 11.8. The van der Waals surface area contributed by atoms with Crippen LogP contribution in [0.2, 0.25) is 0 Å². The standard InChI is InChI=1S/C16H20NO2/c1-2-3-4-5-12-16(18)19-17-13-8-10-14-9-6-7-11-15(14)17/h6-11,13H,2-5,12H2,1H3/q+1. The minimum absolute atomic E-state index is 0.169. The van der Waals surface area contributed by atoms with E-state index in [0.29, 0.717) is 6.42 Å². The van der Waals surface area contributed by atoms with Crippen LogP contribution >= 0.6 is 0 Å². The molecule has 0 saturated carbocycles. The Labute approximate surface area is 113 Å². The van der Waals surface area contributed by atoms with E-state index in [2.05, 4.69) is 6.92 Å². The van der Waals surface area contributed by atoms with E-state index in [-0.39, 0.29) is 5.97 Å². The van der Waals surface area contributed by atoms with E-state index in [0.717, 1.165) is 23.7 Å². The first kappa shape index (κ1) is 13.5. The van der Waals surface area contributed by atoms with Gasteiger partial charge in [0.2, 0.25) is 6.20 Å². The van der Waals surface area contributed by atoms with E-state index in [1.165, 1.54) is 12.8 Å². The van der Waals surface area contributed by atoms with Gasteiger partial charge in [0.15, 0.2) is 0 Å². The minimum atomic E-state index is -0.169. The molecule has 0 aliphatic carbocycles. The third-order valence-electron chi connectivity index (χ3n) is 3.11. The van der Waals surface area contributed by atoms with E-state index < -0.39 is 0 Å². The predicted octanol–water partition coefficient (Wildman–Crippen LogP) is 3.05. The summed E-state index contributed by atoms with van der Waals surface area (Å²) in [5.74, 6) is -0.169. The molecule has 0 amide bonds. The van der Waals surface area contributed by atoms with Gasteiger partial charge < -0.3 is 0 Å². The Morgan fingerprint density at radius 1 is 1.11 bits per heavy atom. The van der Waals surface area contributed by atoms with Crippen molar-refractivity contribution in [3.05, 3.63) is 42.6 Å². The molecule has 0 N–H and O–H groups in total. The van der Waals surface area contributed by atoms with Crippen molar-refractivity contribution in [1.82, 2.24) is 0 Å². The molecule has 2 aromatic rings. The van der Waals surface area contributed by atoms with E-state index in [9.17, 15) is 4.79 Å². The van der Waals surface area contributed by atoms with Gasteiger partial charge in [-0.2, -0.15) is 4.84 Å². The van der Waals surface area contributed by atoms with Crippen LogP contribution in [0.25, 0.3) is 10.9 Å². The second-order valence-corrected chi connectivity index (χ2v) is 4.67. The van der Waals surface area contributed by atoms with E-state index in [1.54, 1.807) is 10.9 Å². The molecule has 3 nitrogen and oxygen atoms in total. The van der Waals surface area contributed by atoms with Gasteiger partial charge in [0, 0.05) is 16.9 Å². The largest absolute Gasteiger partial charge is 0.380 e. The Morgan fingerprint density at radius 3 is 2.74 bits per heavy atom. The summed E-state index contributed by atoms with van der Waals surface area (Å²) in [7, 11) is 0. The molecular weight excluding hydrogens is 238 g/mol. The average molecular weight is 258 g/mol. The number of hydrogen-bond donors (Lipinski definition) is 0. The molecule has 100 valence electrons. The van der Waals surface area contributed by atoms with Crippen molar-refractivity contribution in [2.75, 3.05) is 0 Å². The van der Waals surface area contributed by atoms with Gasteiger partial charge in [0.05, 0.1) is 11.8 Å². The molecule has 1 aromatic heterocycles. The number of fused-ring (bicyclic) bond motifs is 1. The summed E-state index contributed by atoms with van der Waals surface area (Å²) in [6.45, 7) is 2.16. The number of rotatable bonds is 6. The molecule has 19 heavy (non-hydrogen) atoms. The number of carbonyl (C=O) groups excluding carboxylic acids is 1. The normalized spacial score (nSPS) is 10.6. The number of para-hydroxylation sites is 1. The van der Waals surface area contributed by atoms with Crippen LogP contribution in [-0.4, -0.2) is 5.97 Å². The number of carbonyl (C=O) groups is 1. The van der Waals surface area contributed by atoms with Crippen LogP contribution in [-0.2, 0) is 4.79 Å². The molecule has 0 aliphatic heterocycles. The Balaban J connectivity index is 1.99. The lowest BCUT2D eigenvalue weighted by Crippen LogP contribution is -2.46. The molecule has 0 saturated heterocycles. The van der Waals surface area contributed by atoms with Gasteiger partial charge in [-0.25, -0.2) is 4.79 Å². The third-order valence-corrected chi connectivity index (χ3v) is 3.11. The van der Waals surface area contributed by atoms with Gasteiger partial charge >= 0.3 is 5.97 Å².